The van der Waals surface area contributed by atoms with E-state index >= 15 is 0 Å². The smallest absolute Gasteiger partial charge is 0.267 e. The number of rotatable bonds is 4. The number of hydrogen-bond acceptors (Lipinski definition) is 3. The normalized spacial score (nSPS) is 10.9. The van der Waals surface area contributed by atoms with Crippen LogP contribution in [0.15, 0.2) is 42.5 Å². The topological polar surface area (TPSA) is 54.5 Å². The summed E-state index contributed by atoms with van der Waals surface area (Å²) in [6.07, 6.45) is 0. The average Bonchev–Trinajstić information content (AvgIpc) is 2.30. The molecule has 0 N–H and O–H groups in total. The van der Waals surface area contributed by atoms with Gasteiger partial charge in [-0.05, 0) is 26.0 Å². The summed E-state index contributed by atoms with van der Waals surface area (Å²) in [5.41, 5.74) is 0.522. The van der Waals surface area contributed by atoms with E-state index in [0.29, 0.717) is 5.69 Å². The van der Waals surface area contributed by atoms with Crippen LogP contribution in [0.5, 0.6) is 0 Å². The van der Waals surface area contributed by atoms with Crippen molar-refractivity contribution >= 4 is 21.6 Å². The molecule has 1 amide bonds. The van der Waals surface area contributed by atoms with E-state index in [1.807, 2.05) is 0 Å². The Hall–Kier alpha value is -1.62. The van der Waals surface area contributed by atoms with Gasteiger partial charge in [-0.15, -0.1) is 0 Å². The van der Waals surface area contributed by atoms with Crippen molar-refractivity contribution in [3.63, 3.8) is 0 Å². The molecular weight excluding hydrogens is 238 g/mol. The molecule has 0 aliphatic carbocycles. The molecule has 92 valence electrons. The van der Waals surface area contributed by atoms with Crippen molar-refractivity contribution in [1.29, 1.82) is 0 Å². The van der Waals surface area contributed by atoms with E-state index in [1.54, 1.807) is 30.3 Å². The van der Waals surface area contributed by atoms with Gasteiger partial charge in [-0.3, -0.25) is 4.79 Å². The molecule has 1 rings (SSSR count). The Morgan fingerprint density at radius 3 is 2.24 bits per heavy atom. The Bertz CT molecular complexity index is 520. The van der Waals surface area contributed by atoms with Crippen LogP contribution in [0, 0.1) is 0 Å². The molecule has 0 radical (unpaired) electrons. The molecule has 0 atom stereocenters. The van der Waals surface area contributed by atoms with Crippen molar-refractivity contribution in [3.05, 3.63) is 42.5 Å². The third-order valence-electron chi connectivity index (χ3n) is 2.18. The molecule has 1 aromatic rings. The molecule has 0 saturated heterocycles. The molecule has 0 aliphatic heterocycles. The summed E-state index contributed by atoms with van der Waals surface area (Å²) in [5, 5.41) is 0. The number of carbonyl (C=O) groups excluding carboxylic acids is 1. The van der Waals surface area contributed by atoms with Gasteiger partial charge in [-0.1, -0.05) is 24.8 Å². The lowest BCUT2D eigenvalue weighted by atomic mass is 10.3. The average molecular weight is 253 g/mol. The van der Waals surface area contributed by atoms with Gasteiger partial charge in [-0.2, -0.15) is 0 Å². The fraction of sp³-hybridized carbons (Fsp3) is 0.250. The number of carbonyl (C=O) groups is 1. The fourth-order valence-electron chi connectivity index (χ4n) is 1.27. The predicted molar refractivity (Wildman–Crippen MR) is 68.2 cm³/mol. The molecule has 4 nitrogen and oxygen atoms in total. The lowest BCUT2D eigenvalue weighted by Gasteiger charge is -2.21. The summed E-state index contributed by atoms with van der Waals surface area (Å²) >= 11 is 0. The van der Waals surface area contributed by atoms with Gasteiger partial charge < -0.3 is 0 Å². The van der Waals surface area contributed by atoms with Gasteiger partial charge >= 0.3 is 0 Å². The molecule has 17 heavy (non-hydrogen) atoms. The quantitative estimate of drug-likeness (QED) is 0.771. The van der Waals surface area contributed by atoms with Gasteiger partial charge in [0.2, 0.25) is 10.0 Å². The van der Waals surface area contributed by atoms with Crippen LogP contribution in [0.2, 0.25) is 0 Å². The Morgan fingerprint density at radius 1 is 1.29 bits per heavy atom. The highest BCUT2D eigenvalue weighted by Crippen LogP contribution is 2.20. The van der Waals surface area contributed by atoms with Gasteiger partial charge in [0.1, 0.15) is 0 Å². The van der Waals surface area contributed by atoms with Crippen LogP contribution < -0.4 is 4.31 Å². The van der Waals surface area contributed by atoms with Crippen molar-refractivity contribution in [3.8, 4) is 0 Å². The second-order valence-electron chi connectivity index (χ2n) is 3.59. The van der Waals surface area contributed by atoms with Crippen LogP contribution >= 0.6 is 0 Å². The number of hydrogen-bond donors (Lipinski definition) is 0. The first-order valence-corrected chi connectivity index (χ1v) is 6.79. The maximum atomic E-state index is 11.9. The number of nitrogens with zero attached hydrogens (tertiary/aromatic N) is 1. The SMILES string of the molecule is C=C(C)C(=O)N(c1ccccc1)S(=O)(=O)CC. The Morgan fingerprint density at radius 2 is 1.82 bits per heavy atom. The zero-order valence-electron chi connectivity index (χ0n) is 9.88. The number of benzene rings is 1. The highest BCUT2D eigenvalue weighted by atomic mass is 32.2. The van der Waals surface area contributed by atoms with Crippen LogP contribution in [0.1, 0.15) is 13.8 Å². The monoisotopic (exact) mass is 253 g/mol. The highest BCUT2D eigenvalue weighted by Gasteiger charge is 2.27. The Kier molecular flexibility index (Phi) is 4.07. The molecule has 0 bridgehead atoms. The first-order chi connectivity index (χ1) is 7.90. The van der Waals surface area contributed by atoms with Gasteiger partial charge in [0.05, 0.1) is 11.4 Å². The summed E-state index contributed by atoms with van der Waals surface area (Å²) in [6.45, 7) is 6.48. The Labute approximate surface area is 102 Å². The lowest BCUT2D eigenvalue weighted by Crippen LogP contribution is -2.38. The lowest BCUT2D eigenvalue weighted by molar-refractivity contribution is -0.113. The van der Waals surface area contributed by atoms with Crippen LogP contribution in [0.3, 0.4) is 0 Å². The largest absolute Gasteiger partial charge is 0.268 e. The molecule has 0 spiro atoms. The van der Waals surface area contributed by atoms with Gasteiger partial charge in [-0.25, -0.2) is 12.7 Å². The van der Waals surface area contributed by atoms with E-state index in [4.69, 9.17) is 0 Å². The second kappa shape index (κ2) is 5.14. The van der Waals surface area contributed by atoms with Gasteiger partial charge in [0.15, 0.2) is 0 Å². The van der Waals surface area contributed by atoms with E-state index in [-0.39, 0.29) is 11.3 Å². The summed E-state index contributed by atoms with van der Waals surface area (Å²) in [6, 6.07) is 8.27. The third kappa shape index (κ3) is 2.94. The van der Waals surface area contributed by atoms with Crippen LogP contribution in [0.25, 0.3) is 0 Å². The van der Waals surface area contributed by atoms with Crippen LogP contribution in [-0.2, 0) is 14.8 Å². The summed E-state index contributed by atoms with van der Waals surface area (Å²) in [7, 11) is -3.63. The number of anilines is 1. The maximum absolute atomic E-state index is 11.9. The second-order valence-corrected chi connectivity index (χ2v) is 5.69. The van der Waals surface area contributed by atoms with E-state index in [1.165, 1.54) is 13.8 Å². The molecule has 0 aliphatic rings. The van der Waals surface area contributed by atoms with Crippen molar-refractivity contribution in [1.82, 2.24) is 0 Å². The molecule has 1 aromatic carbocycles. The van der Waals surface area contributed by atoms with Crippen LogP contribution in [-0.4, -0.2) is 20.1 Å². The van der Waals surface area contributed by atoms with Crippen LogP contribution in [0.4, 0.5) is 5.69 Å². The minimum atomic E-state index is -3.63. The minimum Gasteiger partial charge on any atom is -0.268 e. The summed E-state index contributed by atoms with van der Waals surface area (Å²) < 4.78 is 24.6. The number of amides is 1. The van der Waals surface area contributed by atoms with E-state index in [2.05, 4.69) is 6.58 Å². The number of para-hydroxylation sites is 1. The summed E-state index contributed by atoms with van der Waals surface area (Å²) in [5.74, 6) is -0.737. The first-order valence-electron chi connectivity index (χ1n) is 5.18. The van der Waals surface area contributed by atoms with Crippen molar-refractivity contribution in [2.75, 3.05) is 10.1 Å². The van der Waals surface area contributed by atoms with Crippen molar-refractivity contribution < 1.29 is 13.2 Å². The maximum Gasteiger partial charge on any atom is 0.267 e. The zero-order valence-corrected chi connectivity index (χ0v) is 10.7. The van der Waals surface area contributed by atoms with E-state index in [9.17, 15) is 13.2 Å². The summed E-state index contributed by atoms with van der Waals surface area (Å²) in [4.78, 5) is 11.9. The molecule has 0 heterocycles. The molecular formula is C12H15NO3S. The van der Waals surface area contributed by atoms with Gasteiger partial charge in [0.25, 0.3) is 5.91 Å². The van der Waals surface area contributed by atoms with E-state index < -0.39 is 15.9 Å². The standard InChI is InChI=1S/C12H15NO3S/c1-4-17(15,16)13(12(14)10(2)3)11-8-6-5-7-9-11/h5-9H,2,4H2,1,3H3. The zero-order chi connectivity index (χ0) is 13.1. The molecule has 0 fully saturated rings. The molecule has 5 heteroatoms. The van der Waals surface area contributed by atoms with Gasteiger partial charge in [0, 0.05) is 5.57 Å². The van der Waals surface area contributed by atoms with E-state index in [0.717, 1.165) is 4.31 Å². The molecule has 0 aromatic heterocycles. The first kappa shape index (κ1) is 13.4. The molecule has 0 saturated carbocycles. The van der Waals surface area contributed by atoms with Crippen molar-refractivity contribution in [2.24, 2.45) is 0 Å². The predicted octanol–water partition coefficient (Wildman–Crippen LogP) is 1.95. The fourth-order valence-corrected chi connectivity index (χ4v) is 2.38. The van der Waals surface area contributed by atoms with Crippen molar-refractivity contribution in [2.45, 2.75) is 13.8 Å². The Balaban J connectivity index is 3.32. The minimum absolute atomic E-state index is 0.138. The highest BCUT2D eigenvalue weighted by molar-refractivity contribution is 7.93. The number of sulfonamides is 1. The third-order valence-corrected chi connectivity index (χ3v) is 3.85. The molecule has 0 unspecified atom stereocenters.